The fraction of sp³-hybridized carbons (Fsp3) is 0.182. The number of pyridine rings is 2. The van der Waals surface area contributed by atoms with E-state index in [4.69, 9.17) is 11.6 Å². The first-order valence-corrected chi connectivity index (χ1v) is 9.90. The molecule has 0 aliphatic carbocycles. The highest BCUT2D eigenvalue weighted by Crippen LogP contribution is 2.21. The third-order valence-corrected chi connectivity index (χ3v) is 4.90. The molecule has 6 nitrogen and oxygen atoms in total. The normalized spacial score (nSPS) is 10.8. The molecule has 0 saturated heterocycles. The van der Waals surface area contributed by atoms with Crippen LogP contribution in [-0.4, -0.2) is 26.5 Å². The lowest BCUT2D eigenvalue weighted by Crippen LogP contribution is -2.07. The maximum absolute atomic E-state index is 6.20. The van der Waals surface area contributed by atoms with Crippen molar-refractivity contribution in [1.29, 1.82) is 0 Å². The van der Waals surface area contributed by atoms with Crippen molar-refractivity contribution in [3.05, 3.63) is 83.4 Å². The molecule has 0 amide bonds. The van der Waals surface area contributed by atoms with Crippen LogP contribution in [0.5, 0.6) is 0 Å². The van der Waals surface area contributed by atoms with E-state index in [1.54, 1.807) is 12.4 Å². The lowest BCUT2D eigenvalue weighted by atomic mass is 10.2. The molecule has 0 bridgehead atoms. The molecular weight excluding hydrogens is 384 g/mol. The van der Waals surface area contributed by atoms with E-state index in [1.165, 1.54) is 0 Å². The molecule has 29 heavy (non-hydrogen) atoms. The SMILES string of the molecule is Clc1ccccc1CNc1ncc2c(NCCCc3ccccn3)nccc2n1. The average Bonchev–Trinajstić information content (AvgIpc) is 2.77. The third kappa shape index (κ3) is 4.97. The summed E-state index contributed by atoms with van der Waals surface area (Å²) in [7, 11) is 0. The first-order valence-electron chi connectivity index (χ1n) is 9.52. The molecular formula is C22H21ClN6. The molecule has 2 N–H and O–H groups in total. The summed E-state index contributed by atoms with van der Waals surface area (Å²) >= 11 is 6.20. The highest BCUT2D eigenvalue weighted by Gasteiger charge is 2.06. The molecule has 0 spiro atoms. The van der Waals surface area contributed by atoms with Crippen molar-refractivity contribution in [2.75, 3.05) is 17.2 Å². The van der Waals surface area contributed by atoms with Gasteiger partial charge in [0.05, 0.1) is 10.9 Å². The first-order chi connectivity index (χ1) is 14.3. The second kappa shape index (κ2) is 9.30. The van der Waals surface area contributed by atoms with Crippen molar-refractivity contribution >= 4 is 34.3 Å². The first kappa shape index (κ1) is 19.1. The quantitative estimate of drug-likeness (QED) is 0.413. The lowest BCUT2D eigenvalue weighted by molar-refractivity contribution is 0.834. The minimum Gasteiger partial charge on any atom is -0.369 e. The standard InChI is InChI=1S/C22H21ClN6/c23-19-9-2-1-6-16(19)14-27-22-28-15-18-20(29-22)10-13-26-21(18)25-12-5-8-17-7-3-4-11-24-17/h1-4,6-7,9-11,13,15H,5,8,12,14H2,(H,25,26)(H,27,28,29). The van der Waals surface area contributed by atoms with Gasteiger partial charge in [0.25, 0.3) is 0 Å². The highest BCUT2D eigenvalue weighted by atomic mass is 35.5. The van der Waals surface area contributed by atoms with Crippen LogP contribution < -0.4 is 10.6 Å². The van der Waals surface area contributed by atoms with Crippen LogP contribution in [-0.2, 0) is 13.0 Å². The predicted molar refractivity (Wildman–Crippen MR) is 117 cm³/mol. The second-order valence-electron chi connectivity index (χ2n) is 6.58. The zero-order valence-corrected chi connectivity index (χ0v) is 16.6. The molecule has 3 heterocycles. The lowest BCUT2D eigenvalue weighted by Gasteiger charge is -2.10. The van der Waals surface area contributed by atoms with Crippen LogP contribution in [0.15, 0.2) is 67.1 Å². The number of benzene rings is 1. The number of rotatable bonds is 8. The van der Waals surface area contributed by atoms with Gasteiger partial charge in [0, 0.05) is 42.4 Å². The number of aryl methyl sites for hydroxylation is 1. The molecule has 4 aromatic rings. The van der Waals surface area contributed by atoms with Gasteiger partial charge in [-0.25, -0.2) is 15.0 Å². The van der Waals surface area contributed by atoms with Gasteiger partial charge in [0.1, 0.15) is 5.82 Å². The van der Waals surface area contributed by atoms with Gasteiger partial charge in [-0.1, -0.05) is 35.9 Å². The third-order valence-electron chi connectivity index (χ3n) is 4.53. The number of anilines is 2. The monoisotopic (exact) mass is 404 g/mol. The zero-order valence-electron chi connectivity index (χ0n) is 15.8. The van der Waals surface area contributed by atoms with Crippen molar-refractivity contribution in [3.63, 3.8) is 0 Å². The van der Waals surface area contributed by atoms with Gasteiger partial charge >= 0.3 is 0 Å². The molecule has 0 fully saturated rings. The maximum atomic E-state index is 6.20. The van der Waals surface area contributed by atoms with Crippen LogP contribution in [0, 0.1) is 0 Å². The Bertz CT molecular complexity index is 1090. The summed E-state index contributed by atoms with van der Waals surface area (Å²) in [5.74, 6) is 1.35. The number of halogens is 1. The maximum Gasteiger partial charge on any atom is 0.223 e. The van der Waals surface area contributed by atoms with Gasteiger partial charge in [-0.2, -0.15) is 0 Å². The van der Waals surface area contributed by atoms with E-state index in [2.05, 4.69) is 30.6 Å². The van der Waals surface area contributed by atoms with Crippen LogP contribution in [0.4, 0.5) is 11.8 Å². The molecule has 0 aliphatic rings. The topological polar surface area (TPSA) is 75.6 Å². The van der Waals surface area contributed by atoms with Gasteiger partial charge in [-0.05, 0) is 42.7 Å². The number of hydrogen-bond donors (Lipinski definition) is 2. The smallest absolute Gasteiger partial charge is 0.223 e. The van der Waals surface area contributed by atoms with E-state index >= 15 is 0 Å². The summed E-state index contributed by atoms with van der Waals surface area (Å²) in [6.45, 7) is 1.37. The Hall–Kier alpha value is -3.25. The molecule has 0 saturated carbocycles. The van der Waals surface area contributed by atoms with E-state index in [0.717, 1.165) is 52.4 Å². The summed E-state index contributed by atoms with van der Waals surface area (Å²) in [6.07, 6.45) is 7.27. The van der Waals surface area contributed by atoms with Crippen molar-refractivity contribution in [2.45, 2.75) is 19.4 Å². The number of aromatic nitrogens is 4. The fourth-order valence-electron chi connectivity index (χ4n) is 3.02. The van der Waals surface area contributed by atoms with Gasteiger partial charge in [0.15, 0.2) is 0 Å². The molecule has 0 aliphatic heterocycles. The van der Waals surface area contributed by atoms with E-state index in [0.29, 0.717) is 12.5 Å². The van der Waals surface area contributed by atoms with Crippen molar-refractivity contribution in [3.8, 4) is 0 Å². The number of nitrogens with zero attached hydrogens (tertiary/aromatic N) is 4. The second-order valence-corrected chi connectivity index (χ2v) is 6.99. The Balaban J connectivity index is 1.39. The number of hydrogen-bond acceptors (Lipinski definition) is 6. The summed E-state index contributed by atoms with van der Waals surface area (Å²) < 4.78 is 0. The molecule has 1 aromatic carbocycles. The minimum absolute atomic E-state index is 0.560. The fourth-order valence-corrected chi connectivity index (χ4v) is 3.22. The van der Waals surface area contributed by atoms with Crippen LogP contribution in [0.1, 0.15) is 17.7 Å². The Labute approximate surface area is 174 Å². The predicted octanol–water partition coefficient (Wildman–Crippen LogP) is 4.73. The van der Waals surface area contributed by atoms with E-state index in [1.807, 2.05) is 54.7 Å². The van der Waals surface area contributed by atoms with Crippen molar-refractivity contribution in [2.24, 2.45) is 0 Å². The summed E-state index contributed by atoms with van der Waals surface area (Å²) in [6, 6.07) is 15.6. The molecule has 0 unspecified atom stereocenters. The summed E-state index contributed by atoms with van der Waals surface area (Å²) in [5, 5.41) is 8.24. The number of nitrogens with one attached hydrogen (secondary N) is 2. The van der Waals surface area contributed by atoms with Gasteiger partial charge in [0.2, 0.25) is 5.95 Å². The Morgan fingerprint density at radius 2 is 1.76 bits per heavy atom. The summed E-state index contributed by atoms with van der Waals surface area (Å²) in [4.78, 5) is 17.8. The molecule has 7 heteroatoms. The Kier molecular flexibility index (Phi) is 6.12. The Morgan fingerprint density at radius 1 is 0.862 bits per heavy atom. The molecule has 146 valence electrons. The van der Waals surface area contributed by atoms with Crippen LogP contribution in [0.25, 0.3) is 10.9 Å². The van der Waals surface area contributed by atoms with Crippen LogP contribution in [0.3, 0.4) is 0 Å². The highest BCUT2D eigenvalue weighted by molar-refractivity contribution is 6.31. The van der Waals surface area contributed by atoms with Gasteiger partial charge < -0.3 is 10.6 Å². The van der Waals surface area contributed by atoms with Crippen molar-refractivity contribution < 1.29 is 0 Å². The van der Waals surface area contributed by atoms with Gasteiger partial charge in [-0.15, -0.1) is 0 Å². The van der Waals surface area contributed by atoms with E-state index in [-0.39, 0.29) is 0 Å². The van der Waals surface area contributed by atoms with Crippen molar-refractivity contribution in [1.82, 2.24) is 19.9 Å². The van der Waals surface area contributed by atoms with Crippen LogP contribution >= 0.6 is 11.6 Å². The largest absolute Gasteiger partial charge is 0.369 e. The van der Waals surface area contributed by atoms with Crippen LogP contribution in [0.2, 0.25) is 5.02 Å². The molecule has 0 atom stereocenters. The van der Waals surface area contributed by atoms with Gasteiger partial charge in [-0.3, -0.25) is 4.98 Å². The van der Waals surface area contributed by atoms with E-state index < -0.39 is 0 Å². The Morgan fingerprint density at radius 3 is 2.62 bits per heavy atom. The average molecular weight is 405 g/mol. The number of fused-ring (bicyclic) bond motifs is 1. The zero-order chi connectivity index (χ0) is 19.9. The molecule has 4 rings (SSSR count). The summed E-state index contributed by atoms with van der Waals surface area (Å²) in [5.41, 5.74) is 2.93. The molecule has 0 radical (unpaired) electrons. The minimum atomic E-state index is 0.560. The van der Waals surface area contributed by atoms with E-state index in [9.17, 15) is 0 Å². The molecule has 3 aromatic heterocycles.